The van der Waals surface area contributed by atoms with Crippen LogP contribution in [0, 0.1) is 0 Å². The third-order valence-electron chi connectivity index (χ3n) is 3.22. The first-order valence-corrected chi connectivity index (χ1v) is 5.62. The van der Waals surface area contributed by atoms with Crippen molar-refractivity contribution in [2.45, 2.75) is 43.8 Å². The molecule has 1 aromatic rings. The molecule has 90 valence electrons. The molecule has 2 unspecified atom stereocenters. The van der Waals surface area contributed by atoms with Crippen LogP contribution in [0.5, 0.6) is 0 Å². The standard InChI is InChI=1S/C10H18N4O2/c1-14-12-9(11-13-14)7-10(15)6-4-3-5-8(10)16-2/h8,15H,3-7H2,1-2H3. The van der Waals surface area contributed by atoms with Gasteiger partial charge in [-0.05, 0) is 18.1 Å². The molecule has 0 aliphatic heterocycles. The van der Waals surface area contributed by atoms with E-state index in [0.717, 1.165) is 25.7 Å². The Kier molecular flexibility index (Phi) is 3.20. The molecule has 1 aromatic heterocycles. The van der Waals surface area contributed by atoms with E-state index in [2.05, 4.69) is 15.4 Å². The molecule has 1 heterocycles. The average molecular weight is 226 g/mol. The molecule has 6 nitrogen and oxygen atoms in total. The zero-order valence-electron chi connectivity index (χ0n) is 9.76. The van der Waals surface area contributed by atoms with Gasteiger partial charge in [-0.3, -0.25) is 0 Å². The first kappa shape index (κ1) is 11.5. The molecule has 0 amide bonds. The van der Waals surface area contributed by atoms with Gasteiger partial charge >= 0.3 is 0 Å². The third-order valence-corrected chi connectivity index (χ3v) is 3.22. The fraction of sp³-hybridized carbons (Fsp3) is 0.900. The van der Waals surface area contributed by atoms with Crippen LogP contribution >= 0.6 is 0 Å². The van der Waals surface area contributed by atoms with Gasteiger partial charge in [0.25, 0.3) is 0 Å². The molecule has 2 rings (SSSR count). The van der Waals surface area contributed by atoms with E-state index in [1.54, 1.807) is 14.2 Å². The predicted octanol–water partition coefficient (Wildman–Crippen LogP) is 0.0727. The van der Waals surface area contributed by atoms with Gasteiger partial charge in [-0.15, -0.1) is 10.2 Å². The molecular weight excluding hydrogens is 208 g/mol. The lowest BCUT2D eigenvalue weighted by molar-refractivity contribution is -0.117. The third kappa shape index (κ3) is 2.22. The largest absolute Gasteiger partial charge is 0.387 e. The van der Waals surface area contributed by atoms with Crippen LogP contribution in [0.25, 0.3) is 0 Å². The first-order valence-electron chi connectivity index (χ1n) is 5.62. The van der Waals surface area contributed by atoms with E-state index in [4.69, 9.17) is 4.74 Å². The highest BCUT2D eigenvalue weighted by atomic mass is 16.5. The predicted molar refractivity (Wildman–Crippen MR) is 56.7 cm³/mol. The van der Waals surface area contributed by atoms with Crippen molar-refractivity contribution < 1.29 is 9.84 Å². The van der Waals surface area contributed by atoms with Gasteiger partial charge in [0.2, 0.25) is 0 Å². The lowest BCUT2D eigenvalue weighted by Gasteiger charge is -2.38. The average Bonchev–Trinajstić information content (AvgIpc) is 2.64. The van der Waals surface area contributed by atoms with Gasteiger partial charge in [0, 0.05) is 13.5 Å². The highest BCUT2D eigenvalue weighted by molar-refractivity contribution is 4.98. The molecule has 0 saturated heterocycles. The smallest absolute Gasteiger partial charge is 0.177 e. The summed E-state index contributed by atoms with van der Waals surface area (Å²) in [6.07, 6.45) is 4.06. The summed E-state index contributed by atoms with van der Waals surface area (Å²) >= 11 is 0. The summed E-state index contributed by atoms with van der Waals surface area (Å²) in [5.74, 6) is 0.578. The number of tetrazole rings is 1. The van der Waals surface area contributed by atoms with Gasteiger partial charge in [-0.2, -0.15) is 4.80 Å². The molecular formula is C10H18N4O2. The number of nitrogens with zero attached hydrogens (tertiary/aromatic N) is 4. The molecule has 0 spiro atoms. The Balaban J connectivity index is 2.10. The summed E-state index contributed by atoms with van der Waals surface area (Å²) < 4.78 is 5.35. The van der Waals surface area contributed by atoms with Gasteiger partial charge in [-0.25, -0.2) is 0 Å². The van der Waals surface area contributed by atoms with Crippen molar-refractivity contribution in [3.05, 3.63) is 5.82 Å². The molecule has 0 aromatic carbocycles. The Morgan fingerprint density at radius 1 is 1.56 bits per heavy atom. The Morgan fingerprint density at radius 2 is 2.38 bits per heavy atom. The molecule has 16 heavy (non-hydrogen) atoms. The van der Waals surface area contributed by atoms with Crippen LogP contribution in [0.1, 0.15) is 31.5 Å². The molecule has 0 bridgehead atoms. The lowest BCUT2D eigenvalue weighted by Crippen LogP contribution is -2.48. The number of methoxy groups -OCH3 is 1. The number of ether oxygens (including phenoxy) is 1. The van der Waals surface area contributed by atoms with Crippen molar-refractivity contribution in [3.63, 3.8) is 0 Å². The summed E-state index contributed by atoms with van der Waals surface area (Å²) in [6.45, 7) is 0. The van der Waals surface area contributed by atoms with Crippen molar-refractivity contribution in [2.75, 3.05) is 7.11 Å². The monoisotopic (exact) mass is 226 g/mol. The summed E-state index contributed by atoms with van der Waals surface area (Å²) in [5, 5.41) is 22.3. The zero-order chi connectivity index (χ0) is 11.6. The zero-order valence-corrected chi connectivity index (χ0v) is 9.76. The summed E-state index contributed by atoms with van der Waals surface area (Å²) in [4.78, 5) is 1.41. The second-order valence-electron chi connectivity index (χ2n) is 4.45. The van der Waals surface area contributed by atoms with Crippen molar-refractivity contribution in [2.24, 2.45) is 7.05 Å². The number of aromatic nitrogens is 4. The van der Waals surface area contributed by atoms with Gasteiger partial charge in [0.15, 0.2) is 5.82 Å². The van der Waals surface area contributed by atoms with Crippen LogP contribution < -0.4 is 0 Å². The van der Waals surface area contributed by atoms with Gasteiger partial charge in [-0.1, -0.05) is 12.8 Å². The van der Waals surface area contributed by atoms with Crippen molar-refractivity contribution in [1.29, 1.82) is 0 Å². The number of hydrogen-bond acceptors (Lipinski definition) is 5. The second kappa shape index (κ2) is 4.47. The Labute approximate surface area is 94.6 Å². The van der Waals surface area contributed by atoms with Crippen molar-refractivity contribution in [3.8, 4) is 0 Å². The lowest BCUT2D eigenvalue weighted by atomic mass is 9.79. The topological polar surface area (TPSA) is 73.1 Å². The maximum atomic E-state index is 10.6. The molecule has 6 heteroatoms. The number of aliphatic hydroxyl groups is 1. The molecule has 1 saturated carbocycles. The van der Waals surface area contributed by atoms with Crippen molar-refractivity contribution >= 4 is 0 Å². The SMILES string of the molecule is COC1CCCCC1(O)Cc1nnn(C)n1. The summed E-state index contributed by atoms with van der Waals surface area (Å²) in [6, 6.07) is 0. The number of rotatable bonds is 3. The van der Waals surface area contributed by atoms with Crippen LogP contribution in [-0.4, -0.2) is 44.1 Å². The Bertz CT molecular complexity index is 354. The summed E-state index contributed by atoms with van der Waals surface area (Å²) in [5.41, 5.74) is -0.837. The van der Waals surface area contributed by atoms with Gasteiger partial charge in [0.1, 0.15) is 0 Å². The van der Waals surface area contributed by atoms with E-state index in [-0.39, 0.29) is 6.10 Å². The molecule has 0 radical (unpaired) electrons. The molecule has 2 atom stereocenters. The molecule has 1 fully saturated rings. The fourth-order valence-electron chi connectivity index (χ4n) is 2.40. The minimum atomic E-state index is -0.837. The maximum Gasteiger partial charge on any atom is 0.177 e. The van der Waals surface area contributed by atoms with E-state index in [1.807, 2.05) is 0 Å². The van der Waals surface area contributed by atoms with Gasteiger partial charge < -0.3 is 9.84 Å². The maximum absolute atomic E-state index is 10.6. The highest BCUT2D eigenvalue weighted by Crippen LogP contribution is 2.32. The normalized spacial score (nSPS) is 30.6. The van der Waals surface area contributed by atoms with E-state index < -0.39 is 5.60 Å². The number of hydrogen-bond donors (Lipinski definition) is 1. The van der Waals surface area contributed by atoms with Crippen LogP contribution in [0.2, 0.25) is 0 Å². The van der Waals surface area contributed by atoms with Crippen LogP contribution in [0.3, 0.4) is 0 Å². The molecule has 1 aliphatic carbocycles. The molecule has 1 N–H and O–H groups in total. The first-order chi connectivity index (χ1) is 7.64. The minimum Gasteiger partial charge on any atom is -0.387 e. The fourth-order valence-corrected chi connectivity index (χ4v) is 2.40. The number of aryl methyl sites for hydroxylation is 1. The summed E-state index contributed by atoms with van der Waals surface area (Å²) in [7, 11) is 3.36. The highest BCUT2D eigenvalue weighted by Gasteiger charge is 2.40. The molecule has 1 aliphatic rings. The van der Waals surface area contributed by atoms with Gasteiger partial charge in [0.05, 0.1) is 18.8 Å². The minimum absolute atomic E-state index is 0.120. The van der Waals surface area contributed by atoms with Crippen LogP contribution in [-0.2, 0) is 18.2 Å². The van der Waals surface area contributed by atoms with E-state index in [1.165, 1.54) is 4.80 Å². The van der Waals surface area contributed by atoms with Crippen LogP contribution in [0.4, 0.5) is 0 Å². The second-order valence-corrected chi connectivity index (χ2v) is 4.45. The van der Waals surface area contributed by atoms with E-state index >= 15 is 0 Å². The van der Waals surface area contributed by atoms with Crippen molar-refractivity contribution in [1.82, 2.24) is 20.2 Å². The Morgan fingerprint density at radius 3 is 3.00 bits per heavy atom. The van der Waals surface area contributed by atoms with Crippen LogP contribution in [0.15, 0.2) is 0 Å². The van der Waals surface area contributed by atoms with E-state index in [9.17, 15) is 5.11 Å². The Hall–Kier alpha value is -1.01. The quantitative estimate of drug-likeness (QED) is 0.789. The van der Waals surface area contributed by atoms with E-state index in [0.29, 0.717) is 12.2 Å².